The molecule has 0 spiro atoms. The Balaban J connectivity index is 2.38. The van der Waals surface area contributed by atoms with Gasteiger partial charge in [0.25, 0.3) is 5.56 Å². The van der Waals surface area contributed by atoms with Crippen molar-refractivity contribution in [1.29, 1.82) is 0 Å². The van der Waals surface area contributed by atoms with Crippen molar-refractivity contribution in [2.45, 2.75) is 6.92 Å². The Morgan fingerprint density at radius 3 is 2.80 bits per heavy atom. The molecule has 98 valence electrons. The van der Waals surface area contributed by atoms with E-state index < -0.39 is 0 Å². The van der Waals surface area contributed by atoms with Crippen LogP contribution in [0.1, 0.15) is 5.56 Å². The second-order valence-electron chi connectivity index (χ2n) is 5.07. The van der Waals surface area contributed by atoms with Gasteiger partial charge in [0.1, 0.15) is 5.75 Å². The maximum absolute atomic E-state index is 12.2. The average molecular weight is 264 g/mol. The first-order valence-electron chi connectivity index (χ1n) is 6.40. The van der Waals surface area contributed by atoms with Gasteiger partial charge in [0.2, 0.25) is 0 Å². The fraction of sp³-hybridized carbons (Fsp3) is 0.0625. The normalized spacial score (nSPS) is 11.7. The number of hydrogen-bond acceptors (Lipinski definition) is 2. The highest BCUT2D eigenvalue weighted by Gasteiger charge is 2.12. The first kappa shape index (κ1) is 11.1. The maximum atomic E-state index is 12.2. The summed E-state index contributed by atoms with van der Waals surface area (Å²) in [5.74, 6) is 0.224. The van der Waals surface area contributed by atoms with Gasteiger partial charge < -0.3 is 15.1 Å². The molecule has 3 N–H and O–H groups in total. The van der Waals surface area contributed by atoms with E-state index >= 15 is 0 Å². The molecule has 0 aliphatic carbocycles. The van der Waals surface area contributed by atoms with Crippen molar-refractivity contribution in [3.05, 3.63) is 52.4 Å². The zero-order valence-electron chi connectivity index (χ0n) is 10.8. The molecule has 0 unspecified atom stereocenters. The molecule has 0 aliphatic rings. The summed E-state index contributed by atoms with van der Waals surface area (Å²) in [7, 11) is 0. The number of phenols is 1. The summed E-state index contributed by atoms with van der Waals surface area (Å²) in [6.07, 6.45) is 1.72. The Morgan fingerprint density at radius 2 is 1.95 bits per heavy atom. The van der Waals surface area contributed by atoms with Gasteiger partial charge in [0.15, 0.2) is 0 Å². The molecule has 2 aromatic carbocycles. The van der Waals surface area contributed by atoms with Crippen LogP contribution in [0.2, 0.25) is 0 Å². The van der Waals surface area contributed by atoms with E-state index in [9.17, 15) is 9.90 Å². The highest BCUT2D eigenvalue weighted by atomic mass is 16.3. The largest absolute Gasteiger partial charge is 0.508 e. The summed E-state index contributed by atoms with van der Waals surface area (Å²) in [5, 5.41) is 13.0. The third kappa shape index (κ3) is 1.33. The topological polar surface area (TPSA) is 68.9 Å². The predicted molar refractivity (Wildman–Crippen MR) is 80.3 cm³/mol. The highest BCUT2D eigenvalue weighted by Crippen LogP contribution is 2.32. The third-order valence-electron chi connectivity index (χ3n) is 3.80. The van der Waals surface area contributed by atoms with E-state index in [0.29, 0.717) is 5.39 Å². The van der Waals surface area contributed by atoms with Crippen LogP contribution in [-0.2, 0) is 0 Å². The molecule has 4 aromatic rings. The molecule has 4 heteroatoms. The summed E-state index contributed by atoms with van der Waals surface area (Å²) < 4.78 is 0. The Hall–Kier alpha value is -2.75. The number of aromatic nitrogens is 2. The first-order chi connectivity index (χ1) is 9.65. The number of aryl methyl sites for hydroxylation is 1. The van der Waals surface area contributed by atoms with Crippen LogP contribution in [-0.4, -0.2) is 15.1 Å². The molecule has 20 heavy (non-hydrogen) atoms. The van der Waals surface area contributed by atoms with Gasteiger partial charge in [-0.25, -0.2) is 0 Å². The van der Waals surface area contributed by atoms with E-state index in [1.54, 1.807) is 18.3 Å². The number of aromatic amines is 2. The molecular formula is C16H12N2O2. The van der Waals surface area contributed by atoms with Gasteiger partial charge in [-0.1, -0.05) is 12.1 Å². The number of benzene rings is 2. The molecule has 2 aromatic heterocycles. The van der Waals surface area contributed by atoms with Gasteiger partial charge in [-0.2, -0.15) is 0 Å². The fourth-order valence-corrected chi connectivity index (χ4v) is 2.85. The lowest BCUT2D eigenvalue weighted by Crippen LogP contribution is -2.04. The number of rotatable bonds is 0. The van der Waals surface area contributed by atoms with Gasteiger partial charge in [-0.3, -0.25) is 4.79 Å². The molecule has 2 heterocycles. The minimum absolute atomic E-state index is 0.0996. The van der Waals surface area contributed by atoms with E-state index in [1.165, 1.54) is 0 Å². The minimum Gasteiger partial charge on any atom is -0.508 e. The third-order valence-corrected chi connectivity index (χ3v) is 3.80. The Kier molecular flexibility index (Phi) is 2.02. The van der Waals surface area contributed by atoms with Gasteiger partial charge >= 0.3 is 0 Å². The first-order valence-corrected chi connectivity index (χ1v) is 6.40. The van der Waals surface area contributed by atoms with Crippen LogP contribution in [0.25, 0.3) is 32.6 Å². The SMILES string of the molecule is Cc1c[nH]c(=O)c2c1[nH]c1ccc3cc(O)ccc3c12. The molecule has 0 saturated heterocycles. The van der Waals surface area contributed by atoms with E-state index in [4.69, 9.17) is 0 Å². The number of fused-ring (bicyclic) bond motifs is 5. The smallest absolute Gasteiger partial charge is 0.258 e. The number of aromatic hydroxyl groups is 1. The van der Waals surface area contributed by atoms with E-state index in [1.807, 2.05) is 25.1 Å². The lowest BCUT2D eigenvalue weighted by Gasteiger charge is -2.01. The second kappa shape index (κ2) is 3.63. The average Bonchev–Trinajstić information content (AvgIpc) is 2.83. The number of H-pyrrole nitrogens is 2. The molecule has 0 fully saturated rings. The van der Waals surface area contributed by atoms with Crippen molar-refractivity contribution in [3.63, 3.8) is 0 Å². The highest BCUT2D eigenvalue weighted by molar-refractivity contribution is 6.20. The van der Waals surface area contributed by atoms with Crippen LogP contribution in [0.5, 0.6) is 5.75 Å². The summed E-state index contributed by atoms with van der Waals surface area (Å²) in [4.78, 5) is 18.3. The molecule has 0 radical (unpaired) electrons. The Bertz CT molecular complexity index is 1040. The number of phenolic OH excluding ortho intramolecular Hbond substituents is 1. The van der Waals surface area contributed by atoms with E-state index in [-0.39, 0.29) is 11.3 Å². The lowest BCUT2D eigenvalue weighted by atomic mass is 10.0. The van der Waals surface area contributed by atoms with E-state index in [0.717, 1.165) is 32.8 Å². The predicted octanol–water partition coefficient (Wildman–Crippen LogP) is 3.18. The number of pyridine rings is 1. The summed E-state index contributed by atoms with van der Waals surface area (Å²) in [6, 6.07) is 9.08. The number of nitrogens with one attached hydrogen (secondary N) is 2. The van der Waals surface area contributed by atoms with Crippen molar-refractivity contribution in [3.8, 4) is 5.75 Å². The maximum Gasteiger partial charge on any atom is 0.258 e. The molecule has 0 amide bonds. The summed E-state index contributed by atoms with van der Waals surface area (Å²) >= 11 is 0. The number of hydrogen-bond donors (Lipinski definition) is 3. The Labute approximate surface area is 113 Å². The molecular weight excluding hydrogens is 252 g/mol. The van der Waals surface area contributed by atoms with Gasteiger partial charge in [0, 0.05) is 17.1 Å². The fourth-order valence-electron chi connectivity index (χ4n) is 2.85. The van der Waals surface area contributed by atoms with Crippen LogP contribution < -0.4 is 5.56 Å². The molecule has 4 nitrogen and oxygen atoms in total. The van der Waals surface area contributed by atoms with Crippen molar-refractivity contribution in [1.82, 2.24) is 9.97 Å². The minimum atomic E-state index is -0.0996. The van der Waals surface area contributed by atoms with Gasteiger partial charge in [0.05, 0.1) is 10.9 Å². The van der Waals surface area contributed by atoms with Crippen LogP contribution in [0.15, 0.2) is 41.3 Å². The second-order valence-corrected chi connectivity index (χ2v) is 5.07. The van der Waals surface area contributed by atoms with Crippen LogP contribution in [0.4, 0.5) is 0 Å². The zero-order chi connectivity index (χ0) is 13.9. The molecule has 0 saturated carbocycles. The van der Waals surface area contributed by atoms with Crippen molar-refractivity contribution >= 4 is 32.6 Å². The lowest BCUT2D eigenvalue weighted by molar-refractivity contribution is 0.476. The molecule has 0 aliphatic heterocycles. The van der Waals surface area contributed by atoms with Gasteiger partial charge in [-0.15, -0.1) is 0 Å². The van der Waals surface area contributed by atoms with Crippen molar-refractivity contribution in [2.24, 2.45) is 0 Å². The quantitative estimate of drug-likeness (QED) is 0.456. The van der Waals surface area contributed by atoms with Crippen LogP contribution >= 0.6 is 0 Å². The molecule has 0 atom stereocenters. The van der Waals surface area contributed by atoms with Crippen molar-refractivity contribution < 1.29 is 5.11 Å². The van der Waals surface area contributed by atoms with E-state index in [2.05, 4.69) is 9.97 Å². The van der Waals surface area contributed by atoms with Gasteiger partial charge in [-0.05, 0) is 41.5 Å². The van der Waals surface area contributed by atoms with Crippen LogP contribution in [0.3, 0.4) is 0 Å². The summed E-state index contributed by atoms with van der Waals surface area (Å²) in [6.45, 7) is 1.96. The zero-order valence-corrected chi connectivity index (χ0v) is 10.8. The monoisotopic (exact) mass is 264 g/mol. The molecule has 4 rings (SSSR count). The van der Waals surface area contributed by atoms with Crippen LogP contribution in [0, 0.1) is 6.92 Å². The van der Waals surface area contributed by atoms with Crippen molar-refractivity contribution in [2.75, 3.05) is 0 Å². The Morgan fingerprint density at radius 1 is 1.10 bits per heavy atom. The summed E-state index contributed by atoms with van der Waals surface area (Å²) in [5.41, 5.74) is 2.70. The molecule has 0 bridgehead atoms. The standard InChI is InChI=1S/C16H12N2O2/c1-8-7-17-16(20)14-13-11-4-3-10(19)6-9(11)2-5-12(13)18-15(8)14/h2-7,18-19H,1H3,(H,17,20).